The molecule has 1 aromatic carbocycles. The highest BCUT2D eigenvalue weighted by Gasteiger charge is 2.30. The Labute approximate surface area is 136 Å². The van der Waals surface area contributed by atoms with E-state index in [0.29, 0.717) is 18.5 Å². The van der Waals surface area contributed by atoms with Crippen molar-refractivity contribution in [3.63, 3.8) is 0 Å². The Morgan fingerprint density at radius 3 is 2.36 bits per heavy atom. The first-order valence-corrected chi connectivity index (χ1v) is 8.64. The Hall–Kier alpha value is -1.55. The number of amides is 1. The van der Waals surface area contributed by atoms with E-state index in [4.69, 9.17) is 18.0 Å². The first-order chi connectivity index (χ1) is 10.2. The number of sulfonamides is 1. The highest BCUT2D eigenvalue weighted by atomic mass is 35.5. The van der Waals surface area contributed by atoms with Crippen molar-refractivity contribution in [2.75, 3.05) is 5.32 Å². The van der Waals surface area contributed by atoms with Crippen molar-refractivity contribution in [1.82, 2.24) is 4.72 Å². The van der Waals surface area contributed by atoms with Gasteiger partial charge in [0.2, 0.25) is 15.9 Å². The maximum Gasteiger partial charge on any atom is 0.241 e. The van der Waals surface area contributed by atoms with Gasteiger partial charge in [-0.15, -0.1) is 6.42 Å². The van der Waals surface area contributed by atoms with E-state index < -0.39 is 15.6 Å². The summed E-state index contributed by atoms with van der Waals surface area (Å²) in [6.07, 6.45) is 6.41. The molecule has 0 heterocycles. The number of halogens is 1. The summed E-state index contributed by atoms with van der Waals surface area (Å²) in [6, 6.07) is 4.08. The summed E-state index contributed by atoms with van der Waals surface area (Å²) in [5.41, 5.74) is -0.580. The van der Waals surface area contributed by atoms with Gasteiger partial charge in [-0.2, -0.15) is 4.72 Å². The number of carbonyl (C=O) groups excluding carboxylic acids is 1. The molecule has 7 heteroatoms. The summed E-state index contributed by atoms with van der Waals surface area (Å²) < 4.78 is 27.5. The van der Waals surface area contributed by atoms with Crippen LogP contribution in [0.2, 0.25) is 5.02 Å². The highest BCUT2D eigenvalue weighted by molar-refractivity contribution is 7.89. The van der Waals surface area contributed by atoms with Gasteiger partial charge >= 0.3 is 0 Å². The first-order valence-electron chi connectivity index (χ1n) is 6.78. The quantitative estimate of drug-likeness (QED) is 0.780. The van der Waals surface area contributed by atoms with Crippen LogP contribution in [0, 0.1) is 12.3 Å². The van der Waals surface area contributed by atoms with Crippen LogP contribution < -0.4 is 10.0 Å². The molecule has 0 fully saturated rings. The molecule has 1 rings (SSSR count). The van der Waals surface area contributed by atoms with Gasteiger partial charge in [-0.05, 0) is 31.0 Å². The van der Waals surface area contributed by atoms with Gasteiger partial charge in [-0.25, -0.2) is 8.42 Å². The van der Waals surface area contributed by atoms with Crippen molar-refractivity contribution in [2.45, 2.75) is 44.0 Å². The van der Waals surface area contributed by atoms with Gasteiger partial charge in [0.25, 0.3) is 0 Å². The lowest BCUT2D eigenvalue weighted by atomic mass is 9.96. The predicted octanol–water partition coefficient (Wildman–Crippen LogP) is 2.77. The molecule has 1 aromatic rings. The van der Waals surface area contributed by atoms with Crippen molar-refractivity contribution in [2.24, 2.45) is 0 Å². The fourth-order valence-electron chi connectivity index (χ4n) is 1.90. The van der Waals surface area contributed by atoms with Crippen LogP contribution in [0.3, 0.4) is 0 Å². The Balaban J connectivity index is 3.17. The molecule has 0 unspecified atom stereocenters. The SMILES string of the molecule is C#CC(CC)(CC)NS(=O)(=O)c1ccc(NC(C)=O)c(Cl)c1. The average Bonchev–Trinajstić information content (AvgIpc) is 2.46. The maximum atomic E-state index is 12.5. The molecule has 2 N–H and O–H groups in total. The second kappa shape index (κ2) is 7.14. The zero-order valence-electron chi connectivity index (χ0n) is 12.7. The van der Waals surface area contributed by atoms with Gasteiger partial charge in [0.1, 0.15) is 0 Å². The monoisotopic (exact) mass is 342 g/mol. The van der Waals surface area contributed by atoms with Crippen molar-refractivity contribution >= 4 is 33.2 Å². The molecule has 0 aliphatic carbocycles. The van der Waals surface area contributed by atoms with Gasteiger partial charge in [0, 0.05) is 6.92 Å². The number of carbonyl (C=O) groups is 1. The first kappa shape index (κ1) is 18.5. The second-order valence-electron chi connectivity index (χ2n) is 4.86. The number of nitrogens with one attached hydrogen (secondary N) is 2. The molecule has 22 heavy (non-hydrogen) atoms. The number of terminal acetylenes is 1. The molecule has 0 aliphatic heterocycles. The molecule has 0 aromatic heterocycles. The molecule has 0 spiro atoms. The maximum absolute atomic E-state index is 12.5. The largest absolute Gasteiger partial charge is 0.325 e. The van der Waals surface area contributed by atoms with Crippen molar-refractivity contribution in [3.05, 3.63) is 23.2 Å². The molecule has 120 valence electrons. The zero-order chi connectivity index (χ0) is 17.0. The standard InChI is InChI=1S/C15H19ClN2O3S/c1-5-15(6-2,7-3)18-22(20,21)12-8-9-14(13(16)10-12)17-11(4)19/h1,8-10,18H,6-7H2,2-4H3,(H,17,19). The van der Waals surface area contributed by atoms with Crippen molar-refractivity contribution in [1.29, 1.82) is 0 Å². The number of anilines is 1. The predicted molar refractivity (Wildman–Crippen MR) is 88.2 cm³/mol. The van der Waals surface area contributed by atoms with E-state index in [1.807, 2.05) is 13.8 Å². The van der Waals surface area contributed by atoms with Crippen LogP contribution in [0.1, 0.15) is 33.6 Å². The van der Waals surface area contributed by atoms with E-state index in [0.717, 1.165) is 0 Å². The van der Waals surface area contributed by atoms with E-state index in [9.17, 15) is 13.2 Å². The Morgan fingerprint density at radius 2 is 1.95 bits per heavy atom. The minimum absolute atomic E-state index is 0.00636. The van der Waals surface area contributed by atoms with Crippen LogP contribution in [0.25, 0.3) is 0 Å². The zero-order valence-corrected chi connectivity index (χ0v) is 14.3. The lowest BCUT2D eigenvalue weighted by molar-refractivity contribution is -0.114. The summed E-state index contributed by atoms with van der Waals surface area (Å²) in [6.45, 7) is 4.98. The third-order valence-corrected chi connectivity index (χ3v) is 5.22. The molecule has 1 amide bonds. The summed E-state index contributed by atoms with van der Waals surface area (Å²) >= 11 is 6.01. The lowest BCUT2D eigenvalue weighted by Gasteiger charge is -2.26. The third kappa shape index (κ3) is 4.23. The van der Waals surface area contributed by atoms with Gasteiger partial charge in [-0.3, -0.25) is 4.79 Å². The fraction of sp³-hybridized carbons (Fsp3) is 0.400. The number of hydrogen-bond donors (Lipinski definition) is 2. The van der Waals surface area contributed by atoms with E-state index in [-0.39, 0.29) is 15.8 Å². The van der Waals surface area contributed by atoms with Crippen LogP contribution in [0.15, 0.2) is 23.1 Å². The molecule has 0 bridgehead atoms. The Kier molecular flexibility index (Phi) is 6.00. The number of benzene rings is 1. The summed E-state index contributed by atoms with van der Waals surface area (Å²) in [7, 11) is -3.81. The van der Waals surface area contributed by atoms with Crippen LogP contribution in [-0.4, -0.2) is 19.9 Å². The van der Waals surface area contributed by atoms with E-state index in [1.54, 1.807) is 0 Å². The van der Waals surface area contributed by atoms with Gasteiger partial charge in [0.05, 0.1) is 21.1 Å². The fourth-order valence-corrected chi connectivity index (χ4v) is 3.69. The number of hydrogen-bond acceptors (Lipinski definition) is 3. The van der Waals surface area contributed by atoms with Crippen molar-refractivity contribution < 1.29 is 13.2 Å². The second-order valence-corrected chi connectivity index (χ2v) is 6.95. The smallest absolute Gasteiger partial charge is 0.241 e. The Morgan fingerprint density at radius 1 is 1.36 bits per heavy atom. The molecule has 5 nitrogen and oxygen atoms in total. The van der Waals surface area contributed by atoms with E-state index in [2.05, 4.69) is 16.0 Å². The molecule has 0 saturated carbocycles. The molecule has 0 atom stereocenters. The van der Waals surface area contributed by atoms with Crippen LogP contribution >= 0.6 is 11.6 Å². The van der Waals surface area contributed by atoms with Crippen LogP contribution in [0.5, 0.6) is 0 Å². The number of rotatable bonds is 6. The minimum atomic E-state index is -3.81. The lowest BCUT2D eigenvalue weighted by Crippen LogP contribution is -2.46. The topological polar surface area (TPSA) is 75.3 Å². The van der Waals surface area contributed by atoms with Gasteiger partial charge in [0.15, 0.2) is 0 Å². The Bertz CT molecular complexity index is 704. The summed E-state index contributed by atoms with van der Waals surface area (Å²) in [4.78, 5) is 11.0. The molecule has 0 saturated heterocycles. The highest BCUT2D eigenvalue weighted by Crippen LogP contribution is 2.26. The van der Waals surface area contributed by atoms with Crippen LogP contribution in [0.4, 0.5) is 5.69 Å². The van der Waals surface area contributed by atoms with E-state index >= 15 is 0 Å². The van der Waals surface area contributed by atoms with Gasteiger partial charge < -0.3 is 5.32 Å². The average molecular weight is 343 g/mol. The molecular weight excluding hydrogens is 324 g/mol. The minimum Gasteiger partial charge on any atom is -0.325 e. The van der Waals surface area contributed by atoms with E-state index in [1.165, 1.54) is 25.1 Å². The summed E-state index contributed by atoms with van der Waals surface area (Å²) in [5, 5.41) is 2.65. The normalized spacial score (nSPS) is 11.8. The molecular formula is C15H19ClN2O3S. The third-order valence-electron chi connectivity index (χ3n) is 3.37. The van der Waals surface area contributed by atoms with Gasteiger partial charge in [-0.1, -0.05) is 31.4 Å². The molecule has 0 radical (unpaired) electrons. The van der Waals surface area contributed by atoms with Crippen LogP contribution in [-0.2, 0) is 14.8 Å². The molecule has 0 aliphatic rings. The summed E-state index contributed by atoms with van der Waals surface area (Å²) in [5.74, 6) is 2.22. The van der Waals surface area contributed by atoms with Crippen molar-refractivity contribution in [3.8, 4) is 12.3 Å².